The summed E-state index contributed by atoms with van der Waals surface area (Å²) in [4.78, 5) is 0. The van der Waals surface area contributed by atoms with E-state index in [0.717, 1.165) is 4.47 Å². The van der Waals surface area contributed by atoms with E-state index < -0.39 is 5.60 Å². The average Bonchev–Trinajstić information content (AvgIpc) is 2.85. The summed E-state index contributed by atoms with van der Waals surface area (Å²) in [5, 5.41) is 19.8. The van der Waals surface area contributed by atoms with E-state index in [9.17, 15) is 10.2 Å². The number of rotatable bonds is 2. The normalized spacial score (nSPS) is 17.9. The zero-order valence-corrected chi connectivity index (χ0v) is 9.34. The number of ether oxygens (including phenoxy) is 1. The summed E-state index contributed by atoms with van der Waals surface area (Å²) in [7, 11) is 1.49. The Morgan fingerprint density at radius 3 is 2.57 bits per heavy atom. The first-order chi connectivity index (χ1) is 6.58. The second-order valence-electron chi connectivity index (χ2n) is 3.50. The van der Waals surface area contributed by atoms with E-state index in [4.69, 9.17) is 4.74 Å². The zero-order valence-electron chi connectivity index (χ0n) is 7.75. The first-order valence-electron chi connectivity index (χ1n) is 4.37. The van der Waals surface area contributed by atoms with Gasteiger partial charge in [0.2, 0.25) is 0 Å². The molecule has 0 heterocycles. The largest absolute Gasteiger partial charge is 0.504 e. The molecule has 3 nitrogen and oxygen atoms in total. The van der Waals surface area contributed by atoms with Crippen LogP contribution in [0.1, 0.15) is 18.4 Å². The van der Waals surface area contributed by atoms with Crippen LogP contribution in [0, 0.1) is 0 Å². The van der Waals surface area contributed by atoms with Crippen molar-refractivity contribution in [2.24, 2.45) is 0 Å². The third-order valence-corrected chi connectivity index (χ3v) is 3.16. The van der Waals surface area contributed by atoms with Crippen LogP contribution in [-0.2, 0) is 5.60 Å². The topological polar surface area (TPSA) is 49.7 Å². The molecule has 0 unspecified atom stereocenters. The second kappa shape index (κ2) is 3.14. The number of methoxy groups -OCH3 is 1. The molecule has 0 radical (unpaired) electrons. The molecule has 0 saturated heterocycles. The van der Waals surface area contributed by atoms with Gasteiger partial charge in [-0.1, -0.05) is 15.9 Å². The highest BCUT2D eigenvalue weighted by Gasteiger charge is 2.46. The molecule has 0 aliphatic heterocycles. The van der Waals surface area contributed by atoms with Gasteiger partial charge in [0.1, 0.15) is 0 Å². The van der Waals surface area contributed by atoms with E-state index in [1.165, 1.54) is 7.11 Å². The molecule has 0 spiro atoms. The minimum atomic E-state index is -0.864. The van der Waals surface area contributed by atoms with Crippen molar-refractivity contribution in [3.63, 3.8) is 0 Å². The van der Waals surface area contributed by atoms with Crippen LogP contribution in [0.4, 0.5) is 0 Å². The lowest BCUT2D eigenvalue weighted by atomic mass is 10.1. The van der Waals surface area contributed by atoms with Crippen LogP contribution in [0.3, 0.4) is 0 Å². The van der Waals surface area contributed by atoms with Gasteiger partial charge in [0, 0.05) is 10.0 Å². The molecule has 1 saturated carbocycles. The molecule has 1 aliphatic rings. The van der Waals surface area contributed by atoms with Crippen molar-refractivity contribution in [1.29, 1.82) is 0 Å². The Kier molecular flexibility index (Phi) is 2.20. The number of phenolic OH excluding ortho intramolecular Hbond substituents is 1. The molecule has 4 heteroatoms. The van der Waals surface area contributed by atoms with Gasteiger partial charge >= 0.3 is 0 Å². The van der Waals surface area contributed by atoms with Crippen molar-refractivity contribution in [3.8, 4) is 11.5 Å². The van der Waals surface area contributed by atoms with Gasteiger partial charge in [-0.05, 0) is 25.0 Å². The molecule has 76 valence electrons. The van der Waals surface area contributed by atoms with Crippen LogP contribution < -0.4 is 4.74 Å². The van der Waals surface area contributed by atoms with E-state index in [-0.39, 0.29) is 5.75 Å². The quantitative estimate of drug-likeness (QED) is 0.855. The van der Waals surface area contributed by atoms with Crippen LogP contribution in [0.2, 0.25) is 0 Å². The minimum Gasteiger partial charge on any atom is -0.504 e. The number of hydrogen-bond acceptors (Lipinski definition) is 3. The van der Waals surface area contributed by atoms with Crippen LogP contribution in [0.25, 0.3) is 0 Å². The van der Waals surface area contributed by atoms with E-state index in [2.05, 4.69) is 15.9 Å². The van der Waals surface area contributed by atoms with Crippen molar-refractivity contribution >= 4 is 15.9 Å². The maximum atomic E-state index is 9.94. The standard InChI is InChI=1S/C10H11BrO3/c1-14-7-3-2-6(11)8(9(7)12)10(13)4-5-10/h2-3,12-13H,4-5H2,1H3. The Balaban J connectivity index is 2.56. The highest BCUT2D eigenvalue weighted by molar-refractivity contribution is 9.10. The summed E-state index contributed by atoms with van der Waals surface area (Å²) in [6.07, 6.45) is 1.37. The SMILES string of the molecule is COc1ccc(Br)c(C2(O)CC2)c1O. The predicted octanol–water partition coefficient (Wildman–Crippen LogP) is 2.14. The maximum Gasteiger partial charge on any atom is 0.164 e. The third kappa shape index (κ3) is 1.38. The van der Waals surface area contributed by atoms with Crippen LogP contribution in [0.5, 0.6) is 11.5 Å². The summed E-state index contributed by atoms with van der Waals surface area (Å²) < 4.78 is 5.70. The lowest BCUT2D eigenvalue weighted by molar-refractivity contribution is 0.146. The molecule has 1 aromatic carbocycles. The molecule has 0 aromatic heterocycles. The number of aromatic hydroxyl groups is 1. The number of hydrogen-bond donors (Lipinski definition) is 2. The van der Waals surface area contributed by atoms with Crippen molar-refractivity contribution in [1.82, 2.24) is 0 Å². The van der Waals surface area contributed by atoms with Gasteiger partial charge in [-0.25, -0.2) is 0 Å². The summed E-state index contributed by atoms with van der Waals surface area (Å²) in [5.41, 5.74) is -0.325. The van der Waals surface area contributed by atoms with E-state index in [0.29, 0.717) is 24.2 Å². The van der Waals surface area contributed by atoms with Gasteiger partial charge in [0.15, 0.2) is 11.5 Å². The van der Waals surface area contributed by atoms with Crippen LogP contribution in [-0.4, -0.2) is 17.3 Å². The van der Waals surface area contributed by atoms with Gasteiger partial charge < -0.3 is 14.9 Å². The van der Waals surface area contributed by atoms with Gasteiger partial charge in [-0.2, -0.15) is 0 Å². The summed E-state index contributed by atoms with van der Waals surface area (Å²) in [6, 6.07) is 3.43. The molecule has 1 aliphatic carbocycles. The number of phenols is 1. The maximum absolute atomic E-state index is 9.94. The Morgan fingerprint density at radius 1 is 1.43 bits per heavy atom. The molecule has 0 amide bonds. The Bertz CT molecular complexity index is 372. The summed E-state index contributed by atoms with van der Waals surface area (Å²) in [5.74, 6) is 0.422. The predicted molar refractivity (Wildman–Crippen MR) is 55.5 cm³/mol. The number of halogens is 1. The van der Waals surface area contributed by atoms with Gasteiger partial charge in [-0.3, -0.25) is 0 Å². The third-order valence-electron chi connectivity index (χ3n) is 2.50. The second-order valence-corrected chi connectivity index (χ2v) is 4.36. The van der Waals surface area contributed by atoms with Crippen molar-refractivity contribution < 1.29 is 14.9 Å². The molecule has 1 fully saturated rings. The van der Waals surface area contributed by atoms with Gasteiger partial charge in [-0.15, -0.1) is 0 Å². The van der Waals surface area contributed by atoms with E-state index in [1.54, 1.807) is 12.1 Å². The van der Waals surface area contributed by atoms with Crippen LogP contribution in [0.15, 0.2) is 16.6 Å². The molecule has 2 N–H and O–H groups in total. The molecule has 1 aromatic rings. The lowest BCUT2D eigenvalue weighted by Crippen LogP contribution is -2.06. The summed E-state index contributed by atoms with van der Waals surface area (Å²) in [6.45, 7) is 0. The first kappa shape index (κ1) is 9.80. The molecule has 2 rings (SSSR count). The average molecular weight is 259 g/mol. The van der Waals surface area contributed by atoms with Gasteiger partial charge in [0.05, 0.1) is 12.7 Å². The minimum absolute atomic E-state index is 0.0295. The monoisotopic (exact) mass is 258 g/mol. The van der Waals surface area contributed by atoms with Crippen molar-refractivity contribution in [2.75, 3.05) is 7.11 Å². The molecule has 0 atom stereocenters. The fraction of sp³-hybridized carbons (Fsp3) is 0.400. The smallest absolute Gasteiger partial charge is 0.164 e. The summed E-state index contributed by atoms with van der Waals surface area (Å²) >= 11 is 3.31. The number of benzene rings is 1. The lowest BCUT2D eigenvalue weighted by Gasteiger charge is -2.14. The fourth-order valence-corrected chi connectivity index (χ4v) is 2.21. The highest BCUT2D eigenvalue weighted by atomic mass is 79.9. The number of aliphatic hydroxyl groups is 1. The Hall–Kier alpha value is -0.740. The van der Waals surface area contributed by atoms with Crippen LogP contribution >= 0.6 is 15.9 Å². The molecule has 14 heavy (non-hydrogen) atoms. The molecular weight excluding hydrogens is 248 g/mol. The highest BCUT2D eigenvalue weighted by Crippen LogP contribution is 2.53. The fourth-order valence-electron chi connectivity index (χ4n) is 1.52. The Labute approximate surface area is 90.5 Å². The van der Waals surface area contributed by atoms with Crippen molar-refractivity contribution in [3.05, 3.63) is 22.2 Å². The van der Waals surface area contributed by atoms with E-state index in [1.807, 2.05) is 0 Å². The molecule has 0 bridgehead atoms. The Morgan fingerprint density at radius 2 is 2.07 bits per heavy atom. The van der Waals surface area contributed by atoms with Crippen molar-refractivity contribution in [2.45, 2.75) is 18.4 Å². The van der Waals surface area contributed by atoms with Gasteiger partial charge in [0.25, 0.3) is 0 Å². The first-order valence-corrected chi connectivity index (χ1v) is 5.16. The zero-order chi connectivity index (χ0) is 10.3. The molecular formula is C10H11BrO3. The van der Waals surface area contributed by atoms with E-state index >= 15 is 0 Å².